The first kappa shape index (κ1) is 17.9. The van der Waals surface area contributed by atoms with E-state index < -0.39 is 11.7 Å². The van der Waals surface area contributed by atoms with Gasteiger partial charge in [-0.15, -0.1) is 0 Å². The van der Waals surface area contributed by atoms with Gasteiger partial charge in [0.1, 0.15) is 11.2 Å². The molecular weight excluding hydrogens is 328 g/mol. The number of fused-ring (bicyclic) bond motifs is 1. The molecular formula is C20H24N4O2. The van der Waals surface area contributed by atoms with Crippen LogP contribution in [0.5, 0.6) is 0 Å². The van der Waals surface area contributed by atoms with Crippen LogP contribution in [-0.4, -0.2) is 32.1 Å². The van der Waals surface area contributed by atoms with Gasteiger partial charge in [-0.2, -0.15) is 0 Å². The highest BCUT2D eigenvalue weighted by Gasteiger charge is 2.18. The molecule has 26 heavy (non-hydrogen) atoms. The number of carbonyl (C=O) groups excluding carboxylic acids is 1. The Bertz CT molecular complexity index is 911. The second-order valence-corrected chi connectivity index (χ2v) is 7.40. The molecule has 136 valence electrons. The van der Waals surface area contributed by atoms with Crippen LogP contribution in [0, 0.1) is 0 Å². The van der Waals surface area contributed by atoms with E-state index >= 15 is 0 Å². The van der Waals surface area contributed by atoms with E-state index in [-0.39, 0.29) is 6.04 Å². The molecule has 0 radical (unpaired) electrons. The van der Waals surface area contributed by atoms with Crippen LogP contribution < -0.4 is 5.32 Å². The molecule has 0 bridgehead atoms. The summed E-state index contributed by atoms with van der Waals surface area (Å²) in [6.07, 6.45) is 7.69. The van der Waals surface area contributed by atoms with Gasteiger partial charge in [0.25, 0.3) is 0 Å². The first-order valence-electron chi connectivity index (χ1n) is 8.68. The minimum absolute atomic E-state index is 0.0811. The number of pyridine rings is 2. The van der Waals surface area contributed by atoms with Gasteiger partial charge in [-0.05, 0) is 63.1 Å². The van der Waals surface area contributed by atoms with Gasteiger partial charge < -0.3 is 14.5 Å². The number of carbonyl (C=O) groups is 1. The SMILES string of the molecule is CC(Cc1cc(-c2ccn3ccnc3c2)ccn1)NC(=O)OC(C)(C)C. The summed E-state index contributed by atoms with van der Waals surface area (Å²) < 4.78 is 7.26. The van der Waals surface area contributed by atoms with Crippen molar-refractivity contribution in [2.45, 2.75) is 45.8 Å². The summed E-state index contributed by atoms with van der Waals surface area (Å²) >= 11 is 0. The normalized spacial score (nSPS) is 12.8. The molecule has 0 spiro atoms. The highest BCUT2D eigenvalue weighted by atomic mass is 16.6. The Hall–Kier alpha value is -2.89. The molecule has 0 aliphatic carbocycles. The quantitative estimate of drug-likeness (QED) is 0.774. The lowest BCUT2D eigenvalue weighted by atomic mass is 10.1. The van der Waals surface area contributed by atoms with Crippen LogP contribution in [0.1, 0.15) is 33.4 Å². The molecule has 0 fully saturated rings. The lowest BCUT2D eigenvalue weighted by Gasteiger charge is -2.21. The molecule has 3 rings (SSSR count). The molecule has 1 unspecified atom stereocenters. The highest BCUT2D eigenvalue weighted by molar-refractivity contribution is 5.68. The average molecular weight is 352 g/mol. The van der Waals surface area contributed by atoms with Crippen LogP contribution in [-0.2, 0) is 11.2 Å². The van der Waals surface area contributed by atoms with E-state index in [1.54, 1.807) is 12.4 Å². The minimum atomic E-state index is -0.506. The maximum Gasteiger partial charge on any atom is 0.407 e. The molecule has 6 heteroatoms. The number of imidazole rings is 1. The van der Waals surface area contributed by atoms with Crippen molar-refractivity contribution in [2.75, 3.05) is 0 Å². The third-order valence-corrected chi connectivity index (χ3v) is 3.83. The van der Waals surface area contributed by atoms with Crippen LogP contribution in [0.2, 0.25) is 0 Å². The Morgan fingerprint density at radius 2 is 1.92 bits per heavy atom. The van der Waals surface area contributed by atoms with E-state index in [0.29, 0.717) is 6.42 Å². The number of nitrogens with one attached hydrogen (secondary N) is 1. The zero-order chi connectivity index (χ0) is 18.7. The first-order chi connectivity index (χ1) is 12.3. The second-order valence-electron chi connectivity index (χ2n) is 7.40. The summed E-state index contributed by atoms with van der Waals surface area (Å²) in [5.41, 5.74) is 3.47. The molecule has 3 heterocycles. The molecule has 0 aromatic carbocycles. The number of hydrogen-bond donors (Lipinski definition) is 1. The Morgan fingerprint density at radius 3 is 2.69 bits per heavy atom. The van der Waals surface area contributed by atoms with Crippen molar-refractivity contribution in [3.63, 3.8) is 0 Å². The molecule has 0 saturated carbocycles. The van der Waals surface area contributed by atoms with E-state index in [4.69, 9.17) is 4.74 Å². The van der Waals surface area contributed by atoms with Crippen molar-refractivity contribution in [1.82, 2.24) is 19.7 Å². The van der Waals surface area contributed by atoms with Crippen LogP contribution in [0.25, 0.3) is 16.8 Å². The number of ether oxygens (including phenoxy) is 1. The molecule has 1 N–H and O–H groups in total. The summed E-state index contributed by atoms with van der Waals surface area (Å²) in [6, 6.07) is 8.03. The standard InChI is InChI=1S/C20H24N4O2/c1-14(23-19(25)26-20(2,3)4)11-17-12-15(5-7-21-17)16-6-9-24-10-8-22-18(24)13-16/h5-10,12-14H,11H2,1-4H3,(H,23,25). The van der Waals surface area contributed by atoms with Crippen molar-refractivity contribution in [3.8, 4) is 11.1 Å². The molecule has 6 nitrogen and oxygen atoms in total. The Labute approximate surface area is 153 Å². The van der Waals surface area contributed by atoms with E-state index in [1.807, 2.05) is 62.7 Å². The van der Waals surface area contributed by atoms with Crippen molar-refractivity contribution < 1.29 is 9.53 Å². The number of hydrogen-bond acceptors (Lipinski definition) is 4. The summed E-state index contributed by atoms with van der Waals surface area (Å²) in [4.78, 5) is 20.6. The Kier molecular flexibility index (Phi) is 4.93. The predicted octanol–water partition coefficient (Wildman–Crippen LogP) is 3.85. The fourth-order valence-electron chi connectivity index (χ4n) is 2.73. The highest BCUT2D eigenvalue weighted by Crippen LogP contribution is 2.21. The molecule has 0 aliphatic rings. The fraction of sp³-hybridized carbons (Fsp3) is 0.350. The fourth-order valence-corrected chi connectivity index (χ4v) is 2.73. The van der Waals surface area contributed by atoms with Gasteiger partial charge in [0.15, 0.2) is 0 Å². The summed E-state index contributed by atoms with van der Waals surface area (Å²) in [5.74, 6) is 0. The van der Waals surface area contributed by atoms with Gasteiger partial charge in [0, 0.05) is 42.9 Å². The molecule has 0 saturated heterocycles. The number of alkyl carbamates (subject to hydrolysis) is 1. The maximum atomic E-state index is 11.9. The van der Waals surface area contributed by atoms with Gasteiger partial charge >= 0.3 is 6.09 Å². The van der Waals surface area contributed by atoms with E-state index in [9.17, 15) is 4.79 Å². The average Bonchev–Trinajstić information content (AvgIpc) is 3.00. The molecule has 0 aliphatic heterocycles. The zero-order valence-electron chi connectivity index (χ0n) is 15.6. The van der Waals surface area contributed by atoms with Gasteiger partial charge in [-0.25, -0.2) is 9.78 Å². The van der Waals surface area contributed by atoms with Crippen LogP contribution in [0.4, 0.5) is 4.79 Å². The summed E-state index contributed by atoms with van der Waals surface area (Å²) in [7, 11) is 0. The van der Waals surface area contributed by atoms with Gasteiger partial charge in [0.2, 0.25) is 0 Å². The minimum Gasteiger partial charge on any atom is -0.444 e. The largest absolute Gasteiger partial charge is 0.444 e. The summed E-state index contributed by atoms with van der Waals surface area (Å²) in [6.45, 7) is 7.48. The third kappa shape index (κ3) is 4.59. The molecule has 3 aromatic heterocycles. The maximum absolute atomic E-state index is 11.9. The second kappa shape index (κ2) is 7.15. The number of aromatic nitrogens is 3. The molecule has 1 amide bonds. The first-order valence-corrected chi connectivity index (χ1v) is 8.68. The van der Waals surface area contributed by atoms with Gasteiger partial charge in [-0.1, -0.05) is 0 Å². The number of nitrogens with zero attached hydrogens (tertiary/aromatic N) is 3. The third-order valence-electron chi connectivity index (χ3n) is 3.83. The summed E-state index contributed by atoms with van der Waals surface area (Å²) in [5, 5.41) is 2.85. The monoisotopic (exact) mass is 352 g/mol. The van der Waals surface area contributed by atoms with Crippen molar-refractivity contribution in [1.29, 1.82) is 0 Å². The van der Waals surface area contributed by atoms with Crippen molar-refractivity contribution in [3.05, 3.63) is 54.7 Å². The van der Waals surface area contributed by atoms with Gasteiger partial charge in [0.05, 0.1) is 0 Å². The smallest absolute Gasteiger partial charge is 0.407 e. The Morgan fingerprint density at radius 1 is 1.15 bits per heavy atom. The van der Waals surface area contributed by atoms with Crippen LogP contribution in [0.3, 0.4) is 0 Å². The zero-order valence-corrected chi connectivity index (χ0v) is 15.6. The van der Waals surface area contributed by atoms with Crippen molar-refractivity contribution in [2.24, 2.45) is 0 Å². The predicted molar refractivity (Wildman–Crippen MR) is 101 cm³/mol. The number of amides is 1. The molecule has 1 atom stereocenters. The lowest BCUT2D eigenvalue weighted by Crippen LogP contribution is -2.38. The topological polar surface area (TPSA) is 68.5 Å². The lowest BCUT2D eigenvalue weighted by molar-refractivity contribution is 0.0508. The number of rotatable bonds is 4. The molecule has 3 aromatic rings. The van der Waals surface area contributed by atoms with Crippen molar-refractivity contribution >= 4 is 11.7 Å². The van der Waals surface area contributed by atoms with Crippen LogP contribution >= 0.6 is 0 Å². The van der Waals surface area contributed by atoms with Gasteiger partial charge in [-0.3, -0.25) is 4.98 Å². The van der Waals surface area contributed by atoms with E-state index in [0.717, 1.165) is 22.5 Å². The van der Waals surface area contributed by atoms with E-state index in [2.05, 4.69) is 21.4 Å². The Balaban J connectivity index is 1.70. The van der Waals surface area contributed by atoms with Crippen LogP contribution in [0.15, 0.2) is 49.1 Å². The van der Waals surface area contributed by atoms with E-state index in [1.165, 1.54) is 0 Å².